The van der Waals surface area contributed by atoms with E-state index in [9.17, 15) is 18.3 Å². The molecule has 0 atom stereocenters. The highest BCUT2D eigenvalue weighted by atomic mass is 32.2. The molecule has 0 fully saturated rings. The maximum Gasteiger partial charge on any atom is 0.253 e. The molecule has 2 rings (SSSR count). The van der Waals surface area contributed by atoms with Crippen LogP contribution in [0, 0.1) is 0 Å². The first-order valence-electron chi connectivity index (χ1n) is 6.61. The minimum atomic E-state index is -3.36. The molecule has 0 saturated heterocycles. The zero-order chi connectivity index (χ0) is 16.3. The van der Waals surface area contributed by atoms with Crippen molar-refractivity contribution in [1.29, 1.82) is 0 Å². The molecular formula is C16H17NO4S. The van der Waals surface area contributed by atoms with Gasteiger partial charge in [0.2, 0.25) is 0 Å². The maximum absolute atomic E-state index is 12.4. The molecule has 0 radical (unpaired) electrons. The van der Waals surface area contributed by atoms with Gasteiger partial charge in [-0.2, -0.15) is 0 Å². The second-order valence-electron chi connectivity index (χ2n) is 5.09. The van der Waals surface area contributed by atoms with E-state index in [-0.39, 0.29) is 23.1 Å². The van der Waals surface area contributed by atoms with Crippen LogP contribution in [0.2, 0.25) is 0 Å². The largest absolute Gasteiger partial charge is 0.508 e. The highest BCUT2D eigenvalue weighted by molar-refractivity contribution is 7.90. The number of aromatic hydroxyl groups is 1. The Labute approximate surface area is 129 Å². The van der Waals surface area contributed by atoms with Gasteiger partial charge in [-0.3, -0.25) is 4.79 Å². The van der Waals surface area contributed by atoms with Crippen LogP contribution < -0.4 is 0 Å². The van der Waals surface area contributed by atoms with E-state index in [2.05, 4.69) is 0 Å². The Morgan fingerprint density at radius 3 is 2.45 bits per heavy atom. The summed E-state index contributed by atoms with van der Waals surface area (Å²) in [6.45, 7) is 0.231. The van der Waals surface area contributed by atoms with E-state index in [0.29, 0.717) is 11.1 Å². The van der Waals surface area contributed by atoms with Crippen molar-refractivity contribution in [2.45, 2.75) is 11.4 Å². The summed E-state index contributed by atoms with van der Waals surface area (Å²) in [5.74, 6) is -0.194. The van der Waals surface area contributed by atoms with Gasteiger partial charge in [-0.25, -0.2) is 8.42 Å². The Morgan fingerprint density at radius 1 is 1.14 bits per heavy atom. The average molecular weight is 319 g/mol. The number of rotatable bonds is 4. The van der Waals surface area contributed by atoms with Gasteiger partial charge in [0.1, 0.15) is 5.75 Å². The third-order valence-corrected chi connectivity index (χ3v) is 4.37. The number of phenolic OH excluding ortho intramolecular Hbond substituents is 1. The summed E-state index contributed by atoms with van der Waals surface area (Å²) in [6.07, 6.45) is 1.10. The number of benzene rings is 2. The molecule has 22 heavy (non-hydrogen) atoms. The lowest BCUT2D eigenvalue weighted by molar-refractivity contribution is 0.0784. The molecule has 2 aromatic carbocycles. The normalized spacial score (nSPS) is 11.2. The van der Waals surface area contributed by atoms with Gasteiger partial charge in [0, 0.05) is 31.0 Å². The van der Waals surface area contributed by atoms with Crippen LogP contribution in [0.15, 0.2) is 53.4 Å². The number of amides is 1. The molecular weight excluding hydrogens is 302 g/mol. The summed E-state index contributed by atoms with van der Waals surface area (Å²) >= 11 is 0. The number of phenols is 1. The van der Waals surface area contributed by atoms with Gasteiger partial charge in [0.15, 0.2) is 9.84 Å². The van der Waals surface area contributed by atoms with Crippen LogP contribution in [-0.2, 0) is 16.4 Å². The molecule has 0 saturated carbocycles. The molecule has 0 aliphatic carbocycles. The highest BCUT2D eigenvalue weighted by Gasteiger charge is 2.16. The lowest BCUT2D eigenvalue weighted by Crippen LogP contribution is -2.26. The fourth-order valence-corrected chi connectivity index (χ4v) is 2.72. The lowest BCUT2D eigenvalue weighted by atomic mass is 10.1. The van der Waals surface area contributed by atoms with E-state index in [1.165, 1.54) is 23.1 Å². The summed E-state index contributed by atoms with van der Waals surface area (Å²) < 4.78 is 23.1. The third-order valence-electron chi connectivity index (χ3n) is 3.25. The first-order chi connectivity index (χ1) is 10.3. The van der Waals surface area contributed by atoms with Crippen molar-refractivity contribution in [2.24, 2.45) is 0 Å². The maximum atomic E-state index is 12.4. The highest BCUT2D eigenvalue weighted by Crippen LogP contribution is 2.19. The Hall–Kier alpha value is -2.34. The topological polar surface area (TPSA) is 74.7 Å². The van der Waals surface area contributed by atoms with Crippen molar-refractivity contribution in [2.75, 3.05) is 13.3 Å². The van der Waals surface area contributed by atoms with Crippen LogP contribution in [-0.4, -0.2) is 37.6 Å². The first kappa shape index (κ1) is 16.0. The van der Waals surface area contributed by atoms with Crippen LogP contribution in [0.25, 0.3) is 0 Å². The molecule has 6 heteroatoms. The van der Waals surface area contributed by atoms with E-state index in [4.69, 9.17) is 0 Å². The van der Waals surface area contributed by atoms with Gasteiger partial charge in [0.05, 0.1) is 4.90 Å². The Kier molecular flexibility index (Phi) is 4.51. The predicted octanol–water partition coefficient (Wildman–Crippen LogP) is 2.07. The second kappa shape index (κ2) is 6.19. The zero-order valence-electron chi connectivity index (χ0n) is 12.4. The predicted molar refractivity (Wildman–Crippen MR) is 83.5 cm³/mol. The van der Waals surface area contributed by atoms with E-state index >= 15 is 0 Å². The summed E-state index contributed by atoms with van der Waals surface area (Å²) in [5, 5.41) is 9.75. The molecule has 0 aliphatic heterocycles. The van der Waals surface area contributed by atoms with Gasteiger partial charge < -0.3 is 10.0 Å². The summed E-state index contributed by atoms with van der Waals surface area (Å²) in [4.78, 5) is 13.9. The lowest BCUT2D eigenvalue weighted by Gasteiger charge is -2.18. The zero-order valence-corrected chi connectivity index (χ0v) is 13.2. The van der Waals surface area contributed by atoms with E-state index in [0.717, 1.165) is 6.26 Å². The Morgan fingerprint density at radius 2 is 1.82 bits per heavy atom. The van der Waals surface area contributed by atoms with E-state index in [1.54, 1.807) is 37.4 Å². The minimum absolute atomic E-state index is 0.106. The SMILES string of the molecule is CN(Cc1ccccc1O)C(=O)c1cccc(S(C)(=O)=O)c1. The summed E-state index contributed by atoms with van der Waals surface area (Å²) in [5.41, 5.74) is 0.915. The standard InChI is InChI=1S/C16H17NO4S/c1-17(11-13-6-3-4-9-15(13)18)16(19)12-7-5-8-14(10-12)22(2,20)21/h3-10,18H,11H2,1-2H3. The molecule has 0 aromatic heterocycles. The smallest absolute Gasteiger partial charge is 0.253 e. The molecule has 0 heterocycles. The van der Waals surface area contributed by atoms with Crippen molar-refractivity contribution in [3.8, 4) is 5.75 Å². The van der Waals surface area contributed by atoms with Gasteiger partial charge in [0.25, 0.3) is 5.91 Å². The van der Waals surface area contributed by atoms with Gasteiger partial charge in [-0.1, -0.05) is 24.3 Å². The Bertz CT molecular complexity index is 799. The molecule has 0 bridgehead atoms. The van der Waals surface area contributed by atoms with Crippen LogP contribution in [0.4, 0.5) is 0 Å². The van der Waals surface area contributed by atoms with Gasteiger partial charge >= 0.3 is 0 Å². The monoisotopic (exact) mass is 319 g/mol. The quantitative estimate of drug-likeness (QED) is 0.936. The van der Waals surface area contributed by atoms with E-state index < -0.39 is 9.84 Å². The molecule has 0 unspecified atom stereocenters. The van der Waals surface area contributed by atoms with Crippen molar-refractivity contribution in [3.63, 3.8) is 0 Å². The summed E-state index contributed by atoms with van der Waals surface area (Å²) in [6, 6.07) is 12.7. The molecule has 116 valence electrons. The fourth-order valence-electron chi connectivity index (χ4n) is 2.05. The summed E-state index contributed by atoms with van der Waals surface area (Å²) in [7, 11) is -1.76. The molecule has 2 aromatic rings. The van der Waals surface area contributed by atoms with Crippen molar-refractivity contribution in [3.05, 3.63) is 59.7 Å². The average Bonchev–Trinajstić information content (AvgIpc) is 2.48. The van der Waals surface area contributed by atoms with Crippen LogP contribution in [0.3, 0.4) is 0 Å². The van der Waals surface area contributed by atoms with Gasteiger partial charge in [-0.15, -0.1) is 0 Å². The number of hydrogen-bond donors (Lipinski definition) is 1. The van der Waals surface area contributed by atoms with Gasteiger partial charge in [-0.05, 0) is 24.3 Å². The van der Waals surface area contributed by atoms with Crippen molar-refractivity contribution < 1.29 is 18.3 Å². The first-order valence-corrected chi connectivity index (χ1v) is 8.50. The fraction of sp³-hybridized carbons (Fsp3) is 0.188. The Balaban J connectivity index is 2.23. The van der Waals surface area contributed by atoms with Crippen molar-refractivity contribution >= 4 is 15.7 Å². The van der Waals surface area contributed by atoms with Crippen LogP contribution >= 0.6 is 0 Å². The molecule has 1 amide bonds. The molecule has 0 spiro atoms. The molecule has 5 nitrogen and oxygen atoms in total. The third kappa shape index (κ3) is 3.65. The number of sulfone groups is 1. The van der Waals surface area contributed by atoms with Crippen molar-refractivity contribution in [1.82, 2.24) is 4.90 Å². The second-order valence-corrected chi connectivity index (χ2v) is 7.11. The van der Waals surface area contributed by atoms with Crippen LogP contribution in [0.1, 0.15) is 15.9 Å². The number of hydrogen-bond acceptors (Lipinski definition) is 4. The molecule has 0 aliphatic rings. The number of para-hydroxylation sites is 1. The number of nitrogens with zero attached hydrogens (tertiary/aromatic N) is 1. The minimum Gasteiger partial charge on any atom is -0.508 e. The number of carbonyl (C=O) groups is 1. The van der Waals surface area contributed by atoms with Crippen LogP contribution in [0.5, 0.6) is 5.75 Å². The van der Waals surface area contributed by atoms with E-state index in [1.807, 2.05) is 0 Å². The number of carbonyl (C=O) groups excluding carboxylic acids is 1. The molecule has 1 N–H and O–H groups in total.